The van der Waals surface area contributed by atoms with Crippen LogP contribution in [0.5, 0.6) is 5.75 Å². The van der Waals surface area contributed by atoms with Crippen LogP contribution in [0.3, 0.4) is 0 Å². The van der Waals surface area contributed by atoms with Crippen LogP contribution in [0.4, 0.5) is 0 Å². The van der Waals surface area contributed by atoms with E-state index in [1.165, 1.54) is 10.5 Å². The van der Waals surface area contributed by atoms with Gasteiger partial charge in [0.25, 0.3) is 0 Å². The van der Waals surface area contributed by atoms with E-state index in [1.807, 2.05) is 37.3 Å². The smallest absolute Gasteiger partial charge is 0.455 e. The molecule has 0 unspecified atom stereocenters. The van der Waals surface area contributed by atoms with E-state index in [2.05, 4.69) is 13.0 Å². The zero-order valence-electron chi connectivity index (χ0n) is 23.1. The predicted octanol–water partition coefficient (Wildman–Crippen LogP) is 4.97. The number of ether oxygens (including phenoxy) is 1. The van der Waals surface area contributed by atoms with Crippen molar-refractivity contribution >= 4 is 35.8 Å². The highest BCUT2D eigenvalue weighted by Crippen LogP contribution is 2.50. The Morgan fingerprint density at radius 3 is 2.62 bits per heavy atom. The number of carbonyl (C=O) groups excluding carboxylic acids is 2. The summed E-state index contributed by atoms with van der Waals surface area (Å²) in [4.78, 5) is 28.0. The third kappa shape index (κ3) is 5.18. The molecule has 206 valence electrons. The van der Waals surface area contributed by atoms with Crippen molar-refractivity contribution in [3.8, 4) is 5.75 Å². The lowest BCUT2D eigenvalue weighted by Crippen LogP contribution is -2.46. The van der Waals surface area contributed by atoms with Gasteiger partial charge in [0.2, 0.25) is 11.8 Å². The van der Waals surface area contributed by atoms with Crippen molar-refractivity contribution < 1.29 is 29.1 Å². The highest BCUT2D eigenvalue weighted by molar-refractivity contribution is 6.43. The molecule has 0 spiro atoms. The lowest BCUT2D eigenvalue weighted by molar-refractivity contribution is -0.140. The molecule has 7 nitrogen and oxygen atoms in total. The number of carbonyl (C=O) groups is 2. The summed E-state index contributed by atoms with van der Waals surface area (Å²) in [5.41, 5.74) is 4.36. The van der Waals surface area contributed by atoms with Crippen molar-refractivity contribution in [1.29, 1.82) is 0 Å². The first-order chi connectivity index (χ1) is 18.9. The molecule has 2 heterocycles. The molecule has 2 aliphatic heterocycles. The number of methoxy groups -OCH3 is 1. The fourth-order valence-electron chi connectivity index (χ4n) is 6.90. The van der Waals surface area contributed by atoms with Crippen LogP contribution in [0.1, 0.15) is 51.5 Å². The minimum atomic E-state index is -0.982. The van der Waals surface area contributed by atoms with E-state index in [-0.39, 0.29) is 35.5 Å². The van der Waals surface area contributed by atoms with Gasteiger partial charge < -0.3 is 19.5 Å². The van der Waals surface area contributed by atoms with Crippen molar-refractivity contribution in [3.05, 3.63) is 58.7 Å². The molecule has 5 rings (SSSR count). The Kier molecular flexibility index (Phi) is 8.26. The molecule has 4 atom stereocenters. The molecule has 2 fully saturated rings. The fourth-order valence-corrected chi connectivity index (χ4v) is 6.90. The first-order valence-corrected chi connectivity index (χ1v) is 14.2. The number of aromatic hydroxyl groups is 1. The standard InChI is InChI=1S/C31H38BNO6/c1-4-14-33-30(35)24-16-21(18-38-3)28-25(29(24)31(33)36)17-32(37)39-27(28)13-10-19(5-2)15-20-11-12-26(34)23-9-7-6-8-22(20)23/h6-9,11-12,15,24-25,27,29,34,37H,4-5,10,13-14,16-18H2,1-3H3/b19-15+/t24-,25+,27-,29-/m1/s1. The van der Waals surface area contributed by atoms with Crippen molar-refractivity contribution in [2.24, 2.45) is 17.8 Å². The fraction of sp³-hybridized carbons (Fsp3) is 0.484. The number of fused-ring (bicyclic) bond motifs is 4. The van der Waals surface area contributed by atoms with Gasteiger partial charge in [0, 0.05) is 19.0 Å². The number of phenolic OH excluding ortho intramolecular Hbond substituents is 1. The second-order valence-corrected chi connectivity index (χ2v) is 11.0. The Hall–Kier alpha value is -2.94. The Bertz CT molecular complexity index is 1320. The molecule has 0 aromatic heterocycles. The Labute approximate surface area is 230 Å². The first-order valence-electron chi connectivity index (χ1n) is 14.2. The van der Waals surface area contributed by atoms with Crippen LogP contribution in [0.25, 0.3) is 16.8 Å². The molecule has 0 saturated carbocycles. The number of benzene rings is 2. The molecule has 2 saturated heterocycles. The monoisotopic (exact) mass is 531 g/mol. The van der Waals surface area contributed by atoms with Crippen LogP contribution < -0.4 is 0 Å². The lowest BCUT2D eigenvalue weighted by Gasteiger charge is -2.43. The maximum absolute atomic E-state index is 13.4. The highest BCUT2D eigenvalue weighted by atomic mass is 16.5. The summed E-state index contributed by atoms with van der Waals surface area (Å²) in [6.45, 7) is 4.91. The summed E-state index contributed by atoms with van der Waals surface area (Å²) in [5, 5.41) is 22.9. The molecule has 8 heteroatoms. The second kappa shape index (κ2) is 11.7. The molecule has 1 aliphatic carbocycles. The third-order valence-corrected chi connectivity index (χ3v) is 8.64. The van der Waals surface area contributed by atoms with Gasteiger partial charge in [0.05, 0.1) is 24.5 Å². The number of phenols is 1. The van der Waals surface area contributed by atoms with Crippen LogP contribution in [-0.4, -0.2) is 60.3 Å². The van der Waals surface area contributed by atoms with Crippen LogP contribution in [0.2, 0.25) is 6.32 Å². The van der Waals surface area contributed by atoms with E-state index in [1.54, 1.807) is 13.2 Å². The van der Waals surface area contributed by atoms with Gasteiger partial charge in [-0.15, -0.1) is 0 Å². The Balaban J connectivity index is 1.43. The molecule has 2 amide bonds. The molecule has 3 aliphatic rings. The molecule has 39 heavy (non-hydrogen) atoms. The minimum Gasteiger partial charge on any atom is -0.507 e. The predicted molar refractivity (Wildman–Crippen MR) is 152 cm³/mol. The molecule has 2 aromatic rings. The quantitative estimate of drug-likeness (QED) is 0.270. The van der Waals surface area contributed by atoms with Crippen molar-refractivity contribution in [1.82, 2.24) is 4.90 Å². The average molecular weight is 531 g/mol. The van der Waals surface area contributed by atoms with E-state index in [0.29, 0.717) is 32.3 Å². The van der Waals surface area contributed by atoms with Crippen molar-refractivity contribution in [2.75, 3.05) is 20.3 Å². The van der Waals surface area contributed by atoms with Gasteiger partial charge in [-0.1, -0.05) is 55.8 Å². The molecular weight excluding hydrogens is 493 g/mol. The SMILES string of the molecule is CCCN1C(=O)[C@@H]2[C@@H](CC(COC)=C3[C@@H](CC/C(=C/c4ccc(O)c5ccccc45)CC)OB(O)C[C@@H]32)C1=O. The van der Waals surface area contributed by atoms with Gasteiger partial charge in [-0.05, 0) is 72.5 Å². The number of allylic oxidation sites excluding steroid dienone is 1. The maximum atomic E-state index is 13.4. The maximum Gasteiger partial charge on any atom is 0.455 e. The zero-order valence-corrected chi connectivity index (χ0v) is 23.1. The number of imide groups is 1. The number of likely N-dealkylation sites (tertiary alicyclic amines) is 1. The van der Waals surface area contributed by atoms with Crippen LogP contribution in [0, 0.1) is 17.8 Å². The molecule has 0 radical (unpaired) electrons. The summed E-state index contributed by atoms with van der Waals surface area (Å²) in [6.07, 6.45) is 5.63. The minimum absolute atomic E-state index is 0.0886. The van der Waals surface area contributed by atoms with Crippen molar-refractivity contribution in [3.63, 3.8) is 0 Å². The van der Waals surface area contributed by atoms with Gasteiger partial charge in [-0.3, -0.25) is 14.5 Å². The first kappa shape index (κ1) is 27.6. The van der Waals surface area contributed by atoms with Gasteiger partial charge in [0.1, 0.15) is 5.75 Å². The number of hydrogen-bond donors (Lipinski definition) is 2. The summed E-state index contributed by atoms with van der Waals surface area (Å²) in [7, 11) is 0.664. The number of rotatable bonds is 9. The third-order valence-electron chi connectivity index (χ3n) is 8.64. The number of amides is 2. The summed E-state index contributed by atoms with van der Waals surface area (Å²) >= 11 is 0. The van der Waals surface area contributed by atoms with Gasteiger partial charge in [0.15, 0.2) is 0 Å². The van der Waals surface area contributed by atoms with E-state index in [4.69, 9.17) is 9.39 Å². The van der Waals surface area contributed by atoms with Gasteiger partial charge >= 0.3 is 7.12 Å². The largest absolute Gasteiger partial charge is 0.507 e. The molecule has 0 bridgehead atoms. The van der Waals surface area contributed by atoms with E-state index in [9.17, 15) is 19.7 Å². The number of nitrogens with zero attached hydrogens (tertiary/aromatic N) is 1. The normalized spacial score (nSPS) is 25.5. The van der Waals surface area contributed by atoms with Crippen LogP contribution in [-0.2, 0) is 19.0 Å². The Morgan fingerprint density at radius 1 is 1.13 bits per heavy atom. The van der Waals surface area contributed by atoms with Crippen molar-refractivity contribution in [2.45, 2.75) is 58.4 Å². The van der Waals surface area contributed by atoms with Gasteiger partial charge in [-0.2, -0.15) is 0 Å². The summed E-state index contributed by atoms with van der Waals surface area (Å²) in [6, 6.07) is 11.5. The van der Waals surface area contributed by atoms with E-state index < -0.39 is 13.0 Å². The average Bonchev–Trinajstić information content (AvgIpc) is 3.17. The number of hydrogen-bond acceptors (Lipinski definition) is 6. The van der Waals surface area contributed by atoms with Gasteiger partial charge in [-0.25, -0.2) is 0 Å². The lowest BCUT2D eigenvalue weighted by atomic mass is 9.58. The Morgan fingerprint density at radius 2 is 1.90 bits per heavy atom. The topological polar surface area (TPSA) is 96.3 Å². The summed E-state index contributed by atoms with van der Waals surface area (Å²) < 4.78 is 11.7. The molecular formula is C31H38BNO6. The second-order valence-electron chi connectivity index (χ2n) is 11.0. The molecule has 2 aromatic carbocycles. The van der Waals surface area contributed by atoms with Crippen LogP contribution >= 0.6 is 0 Å². The van der Waals surface area contributed by atoms with Crippen LogP contribution in [0.15, 0.2) is 53.1 Å². The molecule has 2 N–H and O–H groups in total. The summed E-state index contributed by atoms with van der Waals surface area (Å²) in [5.74, 6) is -0.979. The highest BCUT2D eigenvalue weighted by Gasteiger charge is 2.57. The van der Waals surface area contributed by atoms with E-state index in [0.717, 1.165) is 46.7 Å². The zero-order chi connectivity index (χ0) is 27.7. The van der Waals surface area contributed by atoms with E-state index >= 15 is 0 Å².